The first-order chi connectivity index (χ1) is 12.6. The van der Waals surface area contributed by atoms with E-state index in [9.17, 15) is 4.79 Å². The van der Waals surface area contributed by atoms with Crippen LogP contribution in [0.4, 0.5) is 0 Å². The average molecular weight is 375 g/mol. The molecule has 1 aromatic carbocycles. The highest BCUT2D eigenvalue weighted by Gasteiger charge is 2.25. The molecule has 3 rings (SSSR count). The minimum atomic E-state index is 0.204. The van der Waals surface area contributed by atoms with Gasteiger partial charge in [-0.3, -0.25) is 4.79 Å². The highest BCUT2D eigenvalue weighted by atomic mass is 32.2. The summed E-state index contributed by atoms with van der Waals surface area (Å²) in [6, 6.07) is 8.12. The lowest BCUT2D eigenvalue weighted by atomic mass is 10.0. The first-order valence-electron chi connectivity index (χ1n) is 9.10. The van der Waals surface area contributed by atoms with Gasteiger partial charge in [0.1, 0.15) is 5.75 Å². The number of likely N-dealkylation sites (tertiary alicyclic amines) is 1. The van der Waals surface area contributed by atoms with E-state index in [1.807, 2.05) is 35.9 Å². The molecule has 2 heterocycles. The van der Waals surface area contributed by atoms with Gasteiger partial charge in [-0.15, -0.1) is 10.2 Å². The topological polar surface area (TPSA) is 60.3 Å². The Kier molecular flexibility index (Phi) is 6.19. The molecule has 6 nitrogen and oxygen atoms in total. The van der Waals surface area contributed by atoms with E-state index in [0.717, 1.165) is 48.1 Å². The number of amides is 1. The average Bonchev–Trinajstić information content (AvgIpc) is 3.06. The molecular formula is C19H26N4O2S. The van der Waals surface area contributed by atoms with E-state index in [1.54, 1.807) is 7.11 Å². The molecule has 2 aromatic rings. The van der Waals surface area contributed by atoms with Crippen LogP contribution >= 0.6 is 11.8 Å². The van der Waals surface area contributed by atoms with Gasteiger partial charge in [-0.05, 0) is 49.9 Å². The van der Waals surface area contributed by atoms with Crippen molar-refractivity contribution in [3.05, 3.63) is 24.3 Å². The van der Waals surface area contributed by atoms with Crippen LogP contribution in [0.3, 0.4) is 0 Å². The quantitative estimate of drug-likeness (QED) is 0.726. The highest BCUT2D eigenvalue weighted by Crippen LogP contribution is 2.26. The van der Waals surface area contributed by atoms with Crippen molar-refractivity contribution in [2.24, 2.45) is 7.05 Å². The van der Waals surface area contributed by atoms with E-state index in [-0.39, 0.29) is 5.91 Å². The smallest absolute Gasteiger partial charge is 0.233 e. The van der Waals surface area contributed by atoms with Gasteiger partial charge in [0.2, 0.25) is 5.91 Å². The molecular weight excluding hydrogens is 348 g/mol. The van der Waals surface area contributed by atoms with Crippen LogP contribution in [0.5, 0.6) is 5.75 Å². The van der Waals surface area contributed by atoms with Gasteiger partial charge >= 0.3 is 0 Å². The fraction of sp³-hybridized carbons (Fsp3) is 0.526. The number of benzene rings is 1. The van der Waals surface area contributed by atoms with E-state index in [1.165, 1.54) is 18.2 Å². The van der Waals surface area contributed by atoms with Crippen LogP contribution in [0.15, 0.2) is 29.4 Å². The Morgan fingerprint density at radius 2 is 2.04 bits per heavy atom. The molecule has 0 bridgehead atoms. The Balaban J connectivity index is 1.65. The van der Waals surface area contributed by atoms with Crippen LogP contribution in [0.2, 0.25) is 0 Å². The molecule has 140 valence electrons. The molecule has 0 N–H and O–H groups in total. The molecule has 7 heteroatoms. The third-order valence-corrected chi connectivity index (χ3v) is 5.93. The van der Waals surface area contributed by atoms with Gasteiger partial charge in [0.05, 0.1) is 12.9 Å². The predicted octanol–water partition coefficient (Wildman–Crippen LogP) is 3.37. The molecule has 1 amide bonds. The number of aromatic nitrogens is 3. The number of nitrogens with zero attached hydrogens (tertiary/aromatic N) is 4. The molecule has 1 fully saturated rings. The van der Waals surface area contributed by atoms with E-state index < -0.39 is 0 Å². The number of methoxy groups -OCH3 is 1. The second-order valence-electron chi connectivity index (χ2n) is 6.53. The Morgan fingerprint density at radius 1 is 1.27 bits per heavy atom. The summed E-state index contributed by atoms with van der Waals surface area (Å²) in [5.74, 6) is 2.20. The number of ether oxygens (including phenoxy) is 1. The second kappa shape index (κ2) is 8.58. The van der Waals surface area contributed by atoms with E-state index in [2.05, 4.69) is 22.0 Å². The summed E-state index contributed by atoms with van der Waals surface area (Å²) in [5.41, 5.74) is 0.973. The van der Waals surface area contributed by atoms with Crippen molar-refractivity contribution >= 4 is 17.7 Å². The summed E-state index contributed by atoms with van der Waals surface area (Å²) in [6.45, 7) is 3.04. The second-order valence-corrected chi connectivity index (χ2v) is 7.47. The van der Waals surface area contributed by atoms with Gasteiger partial charge in [0.15, 0.2) is 11.0 Å². The maximum Gasteiger partial charge on any atom is 0.233 e. The number of rotatable bonds is 6. The van der Waals surface area contributed by atoms with Crippen LogP contribution < -0.4 is 4.74 Å². The molecule has 1 saturated heterocycles. The largest absolute Gasteiger partial charge is 0.497 e. The lowest BCUT2D eigenvalue weighted by Crippen LogP contribution is -2.44. The summed E-state index contributed by atoms with van der Waals surface area (Å²) in [6.07, 6.45) is 4.49. The lowest BCUT2D eigenvalue weighted by Gasteiger charge is -2.35. The lowest BCUT2D eigenvalue weighted by molar-refractivity contribution is -0.132. The minimum Gasteiger partial charge on any atom is -0.497 e. The third-order valence-electron chi connectivity index (χ3n) is 4.93. The first-order valence-corrected chi connectivity index (χ1v) is 10.1. The Labute approximate surface area is 158 Å². The predicted molar refractivity (Wildman–Crippen MR) is 103 cm³/mol. The number of carbonyl (C=O) groups is 1. The number of hydrogen-bond donors (Lipinski definition) is 0. The van der Waals surface area contributed by atoms with Crippen LogP contribution in [0, 0.1) is 0 Å². The first kappa shape index (κ1) is 18.8. The van der Waals surface area contributed by atoms with E-state index in [4.69, 9.17) is 4.74 Å². The van der Waals surface area contributed by atoms with Gasteiger partial charge in [0.25, 0.3) is 0 Å². The molecule has 0 saturated carbocycles. The Morgan fingerprint density at radius 3 is 2.73 bits per heavy atom. The minimum absolute atomic E-state index is 0.204. The van der Waals surface area contributed by atoms with Gasteiger partial charge in [-0.25, -0.2) is 0 Å². The van der Waals surface area contributed by atoms with Crippen molar-refractivity contribution in [1.29, 1.82) is 0 Å². The van der Waals surface area contributed by atoms with Crippen molar-refractivity contribution in [1.82, 2.24) is 19.7 Å². The van der Waals surface area contributed by atoms with Crippen LogP contribution in [-0.2, 0) is 11.8 Å². The number of thioether (sulfide) groups is 1. The molecule has 1 atom stereocenters. The summed E-state index contributed by atoms with van der Waals surface area (Å²) >= 11 is 1.46. The molecule has 0 unspecified atom stereocenters. The van der Waals surface area contributed by atoms with Crippen molar-refractivity contribution in [2.75, 3.05) is 19.4 Å². The number of carbonyl (C=O) groups excluding carboxylic acids is 1. The standard InChI is InChI=1S/C19H26N4O2S/c1-4-15-7-5-6-12-23(15)17(24)13-26-19-21-20-18(22(19)2)14-8-10-16(25-3)11-9-14/h8-11,15H,4-7,12-13H2,1-3H3/t15-/m0/s1. The molecule has 26 heavy (non-hydrogen) atoms. The summed E-state index contributed by atoms with van der Waals surface area (Å²) < 4.78 is 7.13. The van der Waals surface area contributed by atoms with Crippen LogP contribution in [0.1, 0.15) is 32.6 Å². The summed E-state index contributed by atoms with van der Waals surface area (Å²) in [4.78, 5) is 14.7. The van der Waals surface area contributed by atoms with E-state index >= 15 is 0 Å². The fourth-order valence-corrected chi connectivity index (χ4v) is 4.19. The van der Waals surface area contributed by atoms with Gasteiger partial charge in [0, 0.05) is 25.2 Å². The molecule has 0 spiro atoms. The molecule has 1 aromatic heterocycles. The van der Waals surface area contributed by atoms with Crippen LogP contribution in [-0.4, -0.2) is 51.0 Å². The number of hydrogen-bond acceptors (Lipinski definition) is 5. The van der Waals surface area contributed by atoms with E-state index in [0.29, 0.717) is 11.8 Å². The normalized spacial score (nSPS) is 17.3. The summed E-state index contributed by atoms with van der Waals surface area (Å²) in [7, 11) is 3.58. The van der Waals surface area contributed by atoms with Gasteiger partial charge in [-0.1, -0.05) is 18.7 Å². The number of piperidine rings is 1. The Hall–Kier alpha value is -2.02. The van der Waals surface area contributed by atoms with Crippen molar-refractivity contribution < 1.29 is 9.53 Å². The zero-order chi connectivity index (χ0) is 18.5. The Bertz CT molecular complexity index is 744. The fourth-order valence-electron chi connectivity index (χ4n) is 3.39. The van der Waals surface area contributed by atoms with Gasteiger partial charge in [-0.2, -0.15) is 0 Å². The zero-order valence-corrected chi connectivity index (χ0v) is 16.5. The molecule has 1 aliphatic heterocycles. The van der Waals surface area contributed by atoms with Crippen molar-refractivity contribution in [3.8, 4) is 17.1 Å². The SMILES string of the molecule is CC[C@H]1CCCCN1C(=O)CSc1nnc(-c2ccc(OC)cc2)n1C. The van der Waals surface area contributed by atoms with Crippen molar-refractivity contribution in [2.45, 2.75) is 43.8 Å². The zero-order valence-electron chi connectivity index (χ0n) is 15.6. The maximum atomic E-state index is 12.6. The third kappa shape index (κ3) is 4.03. The highest BCUT2D eigenvalue weighted by molar-refractivity contribution is 7.99. The molecule has 0 radical (unpaired) electrons. The maximum absolute atomic E-state index is 12.6. The van der Waals surface area contributed by atoms with Crippen molar-refractivity contribution in [3.63, 3.8) is 0 Å². The summed E-state index contributed by atoms with van der Waals surface area (Å²) in [5, 5.41) is 9.31. The van der Waals surface area contributed by atoms with Gasteiger partial charge < -0.3 is 14.2 Å². The molecule has 0 aliphatic carbocycles. The molecule has 1 aliphatic rings. The van der Waals surface area contributed by atoms with Crippen LogP contribution in [0.25, 0.3) is 11.4 Å². The monoisotopic (exact) mass is 374 g/mol.